The number of ether oxygens (including phenoxy) is 1. The second kappa shape index (κ2) is 6.78. The first-order valence-electron chi connectivity index (χ1n) is 8.48. The van der Waals surface area contributed by atoms with Crippen molar-refractivity contribution in [3.63, 3.8) is 0 Å². The zero-order valence-electron chi connectivity index (χ0n) is 15.4. The summed E-state index contributed by atoms with van der Waals surface area (Å²) < 4.78 is 6.33. The molecule has 0 amide bonds. The van der Waals surface area contributed by atoms with Gasteiger partial charge in [-0.15, -0.1) is 0 Å². The first-order chi connectivity index (χ1) is 10.6. The third-order valence-electron chi connectivity index (χ3n) is 3.61. The number of benzene rings is 2. The largest absolute Gasteiger partial charge is 0.457 e. The third kappa shape index (κ3) is 5.74. The fraction of sp³-hybridized carbons (Fsp3) is 0.455. The Balaban J connectivity index is 2.30. The van der Waals surface area contributed by atoms with Gasteiger partial charge in [-0.25, -0.2) is 0 Å². The van der Waals surface area contributed by atoms with Gasteiger partial charge in [0.05, 0.1) is 0 Å². The Morgan fingerprint density at radius 1 is 0.609 bits per heavy atom. The van der Waals surface area contributed by atoms with Crippen LogP contribution in [0.3, 0.4) is 0 Å². The lowest BCUT2D eigenvalue weighted by Gasteiger charge is -2.23. The van der Waals surface area contributed by atoms with Crippen molar-refractivity contribution < 1.29 is 4.74 Å². The van der Waals surface area contributed by atoms with Crippen LogP contribution in [0.5, 0.6) is 11.5 Å². The van der Waals surface area contributed by atoms with Gasteiger partial charge in [0.15, 0.2) is 0 Å². The van der Waals surface area contributed by atoms with Gasteiger partial charge in [0.25, 0.3) is 0 Å². The van der Waals surface area contributed by atoms with Crippen molar-refractivity contribution in [3.8, 4) is 11.5 Å². The average Bonchev–Trinajstić information content (AvgIpc) is 2.40. The zero-order valence-corrected chi connectivity index (χ0v) is 15.4. The Bertz CT molecular complexity index is 584. The molecule has 124 valence electrons. The van der Waals surface area contributed by atoms with Gasteiger partial charge in [-0.3, -0.25) is 0 Å². The molecule has 2 aromatic carbocycles. The second-order valence-electron chi connectivity index (χ2n) is 8.79. The van der Waals surface area contributed by atoms with Crippen LogP contribution in [0.2, 0.25) is 0 Å². The molecule has 0 aliphatic heterocycles. The SMILES string of the molecule is CC(C)(C)Cc1ccccc1Oc1ccccc1CC(C)(C)C. The Morgan fingerprint density at radius 3 is 1.30 bits per heavy atom. The van der Waals surface area contributed by atoms with Crippen molar-refractivity contribution >= 4 is 0 Å². The van der Waals surface area contributed by atoms with E-state index < -0.39 is 0 Å². The highest BCUT2D eigenvalue weighted by Gasteiger charge is 2.17. The van der Waals surface area contributed by atoms with Crippen LogP contribution in [-0.4, -0.2) is 0 Å². The summed E-state index contributed by atoms with van der Waals surface area (Å²) in [5.74, 6) is 1.95. The number of hydrogen-bond acceptors (Lipinski definition) is 1. The van der Waals surface area contributed by atoms with Gasteiger partial charge in [0.1, 0.15) is 11.5 Å². The predicted octanol–water partition coefficient (Wildman–Crippen LogP) is 6.66. The van der Waals surface area contributed by atoms with Crippen molar-refractivity contribution in [2.24, 2.45) is 10.8 Å². The fourth-order valence-corrected chi connectivity index (χ4v) is 2.76. The highest BCUT2D eigenvalue weighted by atomic mass is 16.5. The highest BCUT2D eigenvalue weighted by Crippen LogP contribution is 2.34. The molecule has 0 saturated carbocycles. The normalized spacial score (nSPS) is 12.3. The Kier molecular flexibility index (Phi) is 5.19. The van der Waals surface area contributed by atoms with Crippen molar-refractivity contribution in [1.82, 2.24) is 0 Å². The minimum absolute atomic E-state index is 0.240. The molecule has 1 nitrogen and oxygen atoms in total. The molecule has 0 saturated heterocycles. The molecule has 0 radical (unpaired) electrons. The molecule has 0 aromatic heterocycles. The van der Waals surface area contributed by atoms with E-state index in [0.717, 1.165) is 24.3 Å². The summed E-state index contributed by atoms with van der Waals surface area (Å²) in [6.07, 6.45) is 2.01. The third-order valence-corrected chi connectivity index (χ3v) is 3.61. The quantitative estimate of drug-likeness (QED) is 0.613. The molecule has 23 heavy (non-hydrogen) atoms. The summed E-state index contributed by atoms with van der Waals surface area (Å²) in [4.78, 5) is 0. The van der Waals surface area contributed by atoms with E-state index in [1.807, 2.05) is 12.1 Å². The minimum atomic E-state index is 0.240. The summed E-state index contributed by atoms with van der Waals surface area (Å²) in [5.41, 5.74) is 3.02. The van der Waals surface area contributed by atoms with Crippen LogP contribution < -0.4 is 4.74 Å². The summed E-state index contributed by atoms with van der Waals surface area (Å²) in [7, 11) is 0. The highest BCUT2D eigenvalue weighted by molar-refractivity contribution is 5.42. The fourth-order valence-electron chi connectivity index (χ4n) is 2.76. The van der Waals surface area contributed by atoms with Crippen LogP contribution in [0.25, 0.3) is 0 Å². The lowest BCUT2D eigenvalue weighted by Crippen LogP contribution is -2.11. The number of para-hydroxylation sites is 2. The molecular weight excluding hydrogens is 280 g/mol. The Morgan fingerprint density at radius 2 is 0.957 bits per heavy atom. The minimum Gasteiger partial charge on any atom is -0.457 e. The van der Waals surface area contributed by atoms with E-state index in [2.05, 4.69) is 77.9 Å². The van der Waals surface area contributed by atoms with Crippen molar-refractivity contribution in [2.45, 2.75) is 54.4 Å². The van der Waals surface area contributed by atoms with E-state index in [-0.39, 0.29) is 10.8 Å². The van der Waals surface area contributed by atoms with Gasteiger partial charge in [0.2, 0.25) is 0 Å². The molecule has 0 bridgehead atoms. The summed E-state index contributed by atoms with van der Waals surface area (Å²) >= 11 is 0. The average molecular weight is 310 g/mol. The number of rotatable bonds is 4. The second-order valence-corrected chi connectivity index (χ2v) is 8.79. The molecule has 0 spiro atoms. The first kappa shape index (κ1) is 17.6. The maximum atomic E-state index is 6.33. The van der Waals surface area contributed by atoms with Gasteiger partial charge in [-0.05, 0) is 46.9 Å². The lowest BCUT2D eigenvalue weighted by molar-refractivity contribution is 0.387. The van der Waals surface area contributed by atoms with Crippen LogP contribution in [0.1, 0.15) is 52.7 Å². The van der Waals surface area contributed by atoms with Crippen LogP contribution in [0, 0.1) is 10.8 Å². The summed E-state index contributed by atoms with van der Waals surface area (Å²) in [5, 5.41) is 0. The van der Waals surface area contributed by atoms with E-state index in [1.54, 1.807) is 0 Å². The molecule has 0 heterocycles. The molecule has 2 aromatic rings. The molecule has 0 unspecified atom stereocenters. The lowest BCUT2D eigenvalue weighted by atomic mass is 9.87. The zero-order chi connectivity index (χ0) is 17.1. The first-order valence-corrected chi connectivity index (χ1v) is 8.48. The van der Waals surface area contributed by atoms with E-state index in [1.165, 1.54) is 11.1 Å². The van der Waals surface area contributed by atoms with Gasteiger partial charge in [-0.1, -0.05) is 77.9 Å². The van der Waals surface area contributed by atoms with Crippen LogP contribution in [-0.2, 0) is 12.8 Å². The Hall–Kier alpha value is -1.76. The van der Waals surface area contributed by atoms with Gasteiger partial charge < -0.3 is 4.74 Å². The van der Waals surface area contributed by atoms with Gasteiger partial charge in [0, 0.05) is 0 Å². The molecule has 0 aliphatic rings. The number of hydrogen-bond donors (Lipinski definition) is 0. The predicted molar refractivity (Wildman–Crippen MR) is 99.3 cm³/mol. The monoisotopic (exact) mass is 310 g/mol. The van der Waals surface area contributed by atoms with Crippen molar-refractivity contribution in [2.75, 3.05) is 0 Å². The summed E-state index contributed by atoms with van der Waals surface area (Å²) in [6, 6.07) is 16.8. The smallest absolute Gasteiger partial charge is 0.130 e. The van der Waals surface area contributed by atoms with Crippen molar-refractivity contribution in [1.29, 1.82) is 0 Å². The van der Waals surface area contributed by atoms with E-state index in [0.29, 0.717) is 0 Å². The molecular formula is C22H30O. The molecule has 0 N–H and O–H groups in total. The van der Waals surface area contributed by atoms with Gasteiger partial charge in [-0.2, -0.15) is 0 Å². The topological polar surface area (TPSA) is 9.23 Å². The molecule has 0 aliphatic carbocycles. The molecule has 2 rings (SSSR count). The molecule has 0 atom stereocenters. The maximum absolute atomic E-state index is 6.33. The van der Waals surface area contributed by atoms with Crippen LogP contribution >= 0.6 is 0 Å². The van der Waals surface area contributed by atoms with Crippen LogP contribution in [0.4, 0.5) is 0 Å². The standard InChI is InChI=1S/C22H30O/c1-21(2,3)15-17-11-7-9-13-19(17)23-20-14-10-8-12-18(20)16-22(4,5)6/h7-14H,15-16H2,1-6H3. The Labute approximate surface area is 141 Å². The summed E-state index contributed by atoms with van der Waals surface area (Å²) in [6.45, 7) is 13.6. The maximum Gasteiger partial charge on any atom is 0.130 e. The van der Waals surface area contributed by atoms with E-state index in [4.69, 9.17) is 4.74 Å². The van der Waals surface area contributed by atoms with E-state index in [9.17, 15) is 0 Å². The molecule has 1 heteroatoms. The van der Waals surface area contributed by atoms with Gasteiger partial charge >= 0.3 is 0 Å². The van der Waals surface area contributed by atoms with Crippen LogP contribution in [0.15, 0.2) is 48.5 Å². The van der Waals surface area contributed by atoms with Crippen molar-refractivity contribution in [3.05, 3.63) is 59.7 Å². The van der Waals surface area contributed by atoms with E-state index >= 15 is 0 Å². The molecule has 0 fully saturated rings.